The lowest BCUT2D eigenvalue weighted by Gasteiger charge is -2.09. The SMILES string of the molecule is NCCn1cc(C(=O)NC[C@@H]2CCCO2)cn1. The van der Waals surface area contributed by atoms with Crippen LogP contribution in [0.25, 0.3) is 0 Å². The molecular formula is C11H18N4O2. The van der Waals surface area contributed by atoms with E-state index in [9.17, 15) is 4.79 Å². The Morgan fingerprint density at radius 1 is 1.71 bits per heavy atom. The maximum atomic E-state index is 11.8. The van der Waals surface area contributed by atoms with Gasteiger partial charge < -0.3 is 15.8 Å². The number of aromatic nitrogens is 2. The van der Waals surface area contributed by atoms with E-state index in [1.54, 1.807) is 17.1 Å². The van der Waals surface area contributed by atoms with Crippen LogP contribution in [0.15, 0.2) is 12.4 Å². The zero-order valence-electron chi connectivity index (χ0n) is 9.76. The van der Waals surface area contributed by atoms with E-state index in [1.165, 1.54) is 0 Å². The molecule has 1 aromatic rings. The zero-order chi connectivity index (χ0) is 12.1. The van der Waals surface area contributed by atoms with Gasteiger partial charge in [0.25, 0.3) is 5.91 Å². The van der Waals surface area contributed by atoms with E-state index < -0.39 is 0 Å². The van der Waals surface area contributed by atoms with Gasteiger partial charge in [0.15, 0.2) is 0 Å². The highest BCUT2D eigenvalue weighted by Gasteiger charge is 2.17. The van der Waals surface area contributed by atoms with Gasteiger partial charge in [-0.15, -0.1) is 0 Å². The number of hydrogen-bond donors (Lipinski definition) is 2. The van der Waals surface area contributed by atoms with E-state index in [0.29, 0.717) is 25.2 Å². The zero-order valence-corrected chi connectivity index (χ0v) is 9.76. The van der Waals surface area contributed by atoms with Gasteiger partial charge in [-0.25, -0.2) is 0 Å². The summed E-state index contributed by atoms with van der Waals surface area (Å²) in [6.45, 7) is 2.51. The Kier molecular flexibility index (Phi) is 4.11. The van der Waals surface area contributed by atoms with Crippen molar-refractivity contribution in [3.05, 3.63) is 18.0 Å². The Hall–Kier alpha value is -1.40. The van der Waals surface area contributed by atoms with Gasteiger partial charge in [0.1, 0.15) is 0 Å². The highest BCUT2D eigenvalue weighted by molar-refractivity contribution is 5.93. The second kappa shape index (κ2) is 5.79. The first-order valence-electron chi connectivity index (χ1n) is 5.92. The quantitative estimate of drug-likeness (QED) is 0.741. The number of nitrogens with zero attached hydrogens (tertiary/aromatic N) is 2. The molecule has 6 heteroatoms. The first kappa shape index (κ1) is 12.1. The fraction of sp³-hybridized carbons (Fsp3) is 0.636. The summed E-state index contributed by atoms with van der Waals surface area (Å²) in [5, 5.41) is 6.90. The third-order valence-electron chi connectivity index (χ3n) is 2.77. The van der Waals surface area contributed by atoms with Gasteiger partial charge in [-0.3, -0.25) is 9.48 Å². The average molecular weight is 238 g/mol. The van der Waals surface area contributed by atoms with E-state index in [-0.39, 0.29) is 12.0 Å². The van der Waals surface area contributed by atoms with Crippen molar-refractivity contribution in [3.63, 3.8) is 0 Å². The number of amides is 1. The number of nitrogens with one attached hydrogen (secondary N) is 1. The van der Waals surface area contributed by atoms with Crippen LogP contribution in [0.4, 0.5) is 0 Å². The van der Waals surface area contributed by atoms with Gasteiger partial charge in [0, 0.05) is 25.9 Å². The summed E-state index contributed by atoms with van der Waals surface area (Å²) >= 11 is 0. The summed E-state index contributed by atoms with van der Waals surface area (Å²) < 4.78 is 7.10. The van der Waals surface area contributed by atoms with Gasteiger partial charge >= 0.3 is 0 Å². The number of hydrogen-bond acceptors (Lipinski definition) is 4. The maximum Gasteiger partial charge on any atom is 0.254 e. The molecule has 1 fully saturated rings. The second-order valence-electron chi connectivity index (χ2n) is 4.13. The van der Waals surface area contributed by atoms with Crippen LogP contribution in [-0.4, -0.2) is 41.5 Å². The molecule has 2 rings (SSSR count). The van der Waals surface area contributed by atoms with Crippen molar-refractivity contribution >= 4 is 5.91 Å². The molecule has 2 heterocycles. The number of rotatable bonds is 5. The molecule has 0 saturated carbocycles. The topological polar surface area (TPSA) is 82.2 Å². The Bertz CT molecular complexity index is 371. The largest absolute Gasteiger partial charge is 0.376 e. The summed E-state index contributed by atoms with van der Waals surface area (Å²) in [5.41, 5.74) is 5.98. The number of nitrogens with two attached hydrogens (primary N) is 1. The van der Waals surface area contributed by atoms with Gasteiger partial charge in [-0.05, 0) is 12.8 Å². The van der Waals surface area contributed by atoms with E-state index in [4.69, 9.17) is 10.5 Å². The molecular weight excluding hydrogens is 220 g/mol. The van der Waals surface area contributed by atoms with Gasteiger partial charge in [-0.1, -0.05) is 0 Å². The van der Waals surface area contributed by atoms with Crippen LogP contribution in [0.3, 0.4) is 0 Å². The minimum atomic E-state index is -0.108. The van der Waals surface area contributed by atoms with Crippen molar-refractivity contribution in [2.24, 2.45) is 5.73 Å². The molecule has 1 aliphatic heterocycles. The summed E-state index contributed by atoms with van der Waals surface area (Å²) in [7, 11) is 0. The molecule has 1 aliphatic rings. The molecule has 0 bridgehead atoms. The fourth-order valence-electron chi connectivity index (χ4n) is 1.85. The average Bonchev–Trinajstić information content (AvgIpc) is 2.97. The normalized spacial score (nSPS) is 19.5. The monoisotopic (exact) mass is 238 g/mol. The van der Waals surface area contributed by atoms with Crippen molar-refractivity contribution in [1.82, 2.24) is 15.1 Å². The van der Waals surface area contributed by atoms with Gasteiger partial charge in [0.2, 0.25) is 0 Å². The van der Waals surface area contributed by atoms with E-state index >= 15 is 0 Å². The molecule has 94 valence electrons. The molecule has 1 saturated heterocycles. The van der Waals surface area contributed by atoms with Crippen molar-refractivity contribution < 1.29 is 9.53 Å². The Balaban J connectivity index is 1.81. The van der Waals surface area contributed by atoms with Crippen molar-refractivity contribution in [1.29, 1.82) is 0 Å². The Morgan fingerprint density at radius 2 is 2.59 bits per heavy atom. The molecule has 0 aliphatic carbocycles. The smallest absolute Gasteiger partial charge is 0.254 e. The van der Waals surface area contributed by atoms with Crippen molar-refractivity contribution in [2.75, 3.05) is 19.7 Å². The van der Waals surface area contributed by atoms with Crippen LogP contribution >= 0.6 is 0 Å². The summed E-state index contributed by atoms with van der Waals surface area (Å²) in [4.78, 5) is 11.8. The van der Waals surface area contributed by atoms with Crippen LogP contribution in [0.1, 0.15) is 23.2 Å². The molecule has 6 nitrogen and oxygen atoms in total. The van der Waals surface area contributed by atoms with Crippen LogP contribution < -0.4 is 11.1 Å². The summed E-state index contributed by atoms with van der Waals surface area (Å²) in [6, 6.07) is 0. The minimum Gasteiger partial charge on any atom is -0.376 e. The number of carbonyl (C=O) groups is 1. The first-order chi connectivity index (χ1) is 8.29. The predicted octanol–water partition coefficient (Wildman–Crippen LogP) is -0.249. The second-order valence-corrected chi connectivity index (χ2v) is 4.13. The van der Waals surface area contributed by atoms with E-state index in [1.807, 2.05) is 0 Å². The number of carbonyl (C=O) groups excluding carboxylic acids is 1. The van der Waals surface area contributed by atoms with E-state index in [0.717, 1.165) is 19.4 Å². The highest BCUT2D eigenvalue weighted by atomic mass is 16.5. The standard InChI is InChI=1S/C11H18N4O2/c12-3-4-15-8-9(6-14-15)11(16)13-7-10-2-1-5-17-10/h6,8,10H,1-5,7,12H2,(H,13,16)/t10-/m0/s1. The van der Waals surface area contributed by atoms with Gasteiger partial charge in [0.05, 0.1) is 24.4 Å². The molecule has 1 amide bonds. The fourth-order valence-corrected chi connectivity index (χ4v) is 1.85. The summed E-state index contributed by atoms with van der Waals surface area (Å²) in [5.74, 6) is -0.108. The molecule has 1 aromatic heterocycles. The highest BCUT2D eigenvalue weighted by Crippen LogP contribution is 2.10. The molecule has 1 atom stereocenters. The van der Waals surface area contributed by atoms with Crippen molar-refractivity contribution in [2.45, 2.75) is 25.5 Å². The van der Waals surface area contributed by atoms with Crippen LogP contribution in [0, 0.1) is 0 Å². The van der Waals surface area contributed by atoms with Crippen LogP contribution in [0.2, 0.25) is 0 Å². The van der Waals surface area contributed by atoms with Gasteiger partial charge in [-0.2, -0.15) is 5.10 Å². The Labute approximate surface area is 100 Å². The summed E-state index contributed by atoms with van der Waals surface area (Å²) in [6.07, 6.45) is 5.53. The number of ether oxygens (including phenoxy) is 1. The lowest BCUT2D eigenvalue weighted by Crippen LogP contribution is -2.31. The van der Waals surface area contributed by atoms with Crippen molar-refractivity contribution in [3.8, 4) is 0 Å². The lowest BCUT2D eigenvalue weighted by molar-refractivity contribution is 0.0857. The van der Waals surface area contributed by atoms with Crippen LogP contribution in [0.5, 0.6) is 0 Å². The third-order valence-corrected chi connectivity index (χ3v) is 2.77. The maximum absolute atomic E-state index is 11.8. The molecule has 0 aromatic carbocycles. The van der Waals surface area contributed by atoms with Crippen LogP contribution in [-0.2, 0) is 11.3 Å². The Morgan fingerprint density at radius 3 is 3.29 bits per heavy atom. The first-order valence-corrected chi connectivity index (χ1v) is 5.92. The molecule has 0 radical (unpaired) electrons. The molecule has 3 N–H and O–H groups in total. The third kappa shape index (κ3) is 3.28. The van der Waals surface area contributed by atoms with E-state index in [2.05, 4.69) is 10.4 Å². The molecule has 17 heavy (non-hydrogen) atoms. The minimum absolute atomic E-state index is 0.108. The lowest BCUT2D eigenvalue weighted by atomic mass is 10.2. The molecule has 0 unspecified atom stereocenters. The molecule has 0 spiro atoms. The predicted molar refractivity (Wildman–Crippen MR) is 62.6 cm³/mol.